The van der Waals surface area contributed by atoms with Gasteiger partial charge in [-0.3, -0.25) is 4.79 Å². The van der Waals surface area contributed by atoms with Gasteiger partial charge in [-0.2, -0.15) is 0 Å². The lowest BCUT2D eigenvalue weighted by molar-refractivity contribution is -0.140. The minimum Gasteiger partial charge on any atom is -0.480 e. The zero-order valence-electron chi connectivity index (χ0n) is 8.66. The van der Waals surface area contributed by atoms with E-state index in [1.165, 1.54) is 26.4 Å². The van der Waals surface area contributed by atoms with E-state index in [1.54, 1.807) is 0 Å². The summed E-state index contributed by atoms with van der Waals surface area (Å²) in [6.07, 6.45) is 5.05. The van der Waals surface area contributed by atoms with Crippen molar-refractivity contribution >= 4 is 5.97 Å². The highest BCUT2D eigenvalue weighted by Crippen LogP contribution is 2.28. The molecule has 2 N–H and O–H groups in total. The summed E-state index contributed by atoms with van der Waals surface area (Å²) in [7, 11) is 1.52. The summed E-state index contributed by atoms with van der Waals surface area (Å²) < 4.78 is 4.82. The minimum absolute atomic E-state index is 0.236. The second kappa shape index (κ2) is 5.98. The van der Waals surface area contributed by atoms with Crippen LogP contribution in [0.5, 0.6) is 0 Å². The lowest BCUT2D eigenvalue weighted by atomic mass is 9.83. The first-order valence-electron chi connectivity index (χ1n) is 5.19. The first-order chi connectivity index (χ1) is 6.74. The van der Waals surface area contributed by atoms with Gasteiger partial charge in [-0.25, -0.2) is 0 Å². The third-order valence-electron chi connectivity index (χ3n) is 2.80. The molecule has 14 heavy (non-hydrogen) atoms. The predicted octanol–water partition coefficient (Wildman–Crippen LogP) is 0.866. The molecule has 82 valence electrons. The molecule has 0 aromatic rings. The van der Waals surface area contributed by atoms with Gasteiger partial charge in [0, 0.05) is 7.11 Å². The van der Waals surface area contributed by atoms with Crippen molar-refractivity contribution in [3.8, 4) is 0 Å². The molecule has 4 heteroatoms. The van der Waals surface area contributed by atoms with Gasteiger partial charge in [-0.15, -0.1) is 0 Å². The van der Waals surface area contributed by atoms with E-state index in [2.05, 4.69) is 5.32 Å². The summed E-state index contributed by atoms with van der Waals surface area (Å²) in [6, 6.07) is -0.555. The maximum Gasteiger partial charge on any atom is 0.323 e. The number of carboxylic acids is 1. The number of ether oxygens (including phenoxy) is 1. The molecule has 1 unspecified atom stereocenters. The molecule has 0 aromatic carbocycles. The highest BCUT2D eigenvalue weighted by atomic mass is 16.5. The second-order valence-electron chi connectivity index (χ2n) is 3.89. The first-order valence-corrected chi connectivity index (χ1v) is 5.19. The number of methoxy groups -OCH3 is 1. The molecular weight excluding hydrogens is 182 g/mol. The number of nitrogens with one attached hydrogen (secondary N) is 1. The minimum atomic E-state index is -0.833. The van der Waals surface area contributed by atoms with Crippen LogP contribution in [0, 0.1) is 5.92 Å². The molecule has 1 aliphatic carbocycles. The van der Waals surface area contributed by atoms with Crippen molar-refractivity contribution in [2.45, 2.75) is 31.7 Å². The number of carbonyl (C=O) groups is 1. The van der Waals surface area contributed by atoms with E-state index < -0.39 is 12.0 Å². The maximum atomic E-state index is 10.7. The number of rotatable bonds is 7. The van der Waals surface area contributed by atoms with Crippen LogP contribution in [0.2, 0.25) is 0 Å². The Morgan fingerprint density at radius 2 is 2.36 bits per heavy atom. The lowest BCUT2D eigenvalue weighted by Crippen LogP contribution is -2.41. The zero-order chi connectivity index (χ0) is 10.4. The van der Waals surface area contributed by atoms with Crippen molar-refractivity contribution in [1.29, 1.82) is 0 Å². The quantitative estimate of drug-likeness (QED) is 0.641. The molecule has 0 amide bonds. The van der Waals surface area contributed by atoms with Gasteiger partial charge in [-0.1, -0.05) is 19.3 Å². The van der Waals surface area contributed by atoms with Crippen LogP contribution in [0.4, 0.5) is 0 Å². The number of hydrogen-bond acceptors (Lipinski definition) is 3. The van der Waals surface area contributed by atoms with E-state index in [4.69, 9.17) is 9.84 Å². The smallest absolute Gasteiger partial charge is 0.323 e. The Labute approximate surface area is 84.6 Å². The van der Waals surface area contributed by atoms with Crippen molar-refractivity contribution in [2.24, 2.45) is 5.92 Å². The Hall–Kier alpha value is -0.610. The van der Waals surface area contributed by atoms with Crippen molar-refractivity contribution in [3.05, 3.63) is 0 Å². The van der Waals surface area contributed by atoms with Crippen LogP contribution in [-0.2, 0) is 9.53 Å². The Morgan fingerprint density at radius 1 is 1.64 bits per heavy atom. The highest BCUT2D eigenvalue weighted by molar-refractivity contribution is 5.73. The van der Waals surface area contributed by atoms with Gasteiger partial charge in [0.15, 0.2) is 0 Å². The Morgan fingerprint density at radius 3 is 2.79 bits per heavy atom. The van der Waals surface area contributed by atoms with Crippen molar-refractivity contribution in [3.63, 3.8) is 0 Å². The molecule has 1 saturated carbocycles. The molecule has 1 aliphatic rings. The fourth-order valence-corrected chi connectivity index (χ4v) is 1.63. The van der Waals surface area contributed by atoms with E-state index in [-0.39, 0.29) is 6.61 Å². The molecule has 0 saturated heterocycles. The van der Waals surface area contributed by atoms with Crippen LogP contribution in [0.3, 0.4) is 0 Å². The second-order valence-corrected chi connectivity index (χ2v) is 3.89. The standard InChI is InChI=1S/C10H19NO3/c1-14-7-9(10(12)13)11-6-5-8-3-2-4-8/h8-9,11H,2-7H2,1H3,(H,12,13). The monoisotopic (exact) mass is 201 g/mol. The van der Waals surface area contributed by atoms with Crippen molar-refractivity contribution in [1.82, 2.24) is 5.32 Å². The average molecular weight is 201 g/mol. The molecule has 0 radical (unpaired) electrons. The molecule has 1 atom stereocenters. The molecule has 4 nitrogen and oxygen atoms in total. The lowest BCUT2D eigenvalue weighted by Gasteiger charge is -2.25. The number of hydrogen-bond donors (Lipinski definition) is 2. The first kappa shape index (κ1) is 11.5. The summed E-state index contributed by atoms with van der Waals surface area (Å²) in [4.78, 5) is 10.7. The van der Waals surface area contributed by atoms with E-state index >= 15 is 0 Å². The number of aliphatic carboxylic acids is 1. The van der Waals surface area contributed by atoms with Gasteiger partial charge >= 0.3 is 5.97 Å². The van der Waals surface area contributed by atoms with E-state index in [9.17, 15) is 4.79 Å². The number of carboxylic acid groups (broad SMARTS) is 1. The normalized spacial score (nSPS) is 18.9. The molecule has 1 fully saturated rings. The van der Waals surface area contributed by atoms with E-state index in [0.29, 0.717) is 0 Å². The van der Waals surface area contributed by atoms with Crippen LogP contribution in [0.15, 0.2) is 0 Å². The largest absolute Gasteiger partial charge is 0.480 e. The summed E-state index contributed by atoms with van der Waals surface area (Å²) in [6.45, 7) is 1.02. The van der Waals surface area contributed by atoms with Gasteiger partial charge in [0.1, 0.15) is 6.04 Å². The molecular formula is C10H19NO3. The van der Waals surface area contributed by atoms with Crippen LogP contribution in [0.1, 0.15) is 25.7 Å². The van der Waals surface area contributed by atoms with Gasteiger partial charge in [0.25, 0.3) is 0 Å². The predicted molar refractivity (Wildman–Crippen MR) is 53.3 cm³/mol. The van der Waals surface area contributed by atoms with Crippen LogP contribution < -0.4 is 5.32 Å². The fraction of sp³-hybridized carbons (Fsp3) is 0.900. The van der Waals surface area contributed by atoms with E-state index in [1.807, 2.05) is 0 Å². The summed E-state index contributed by atoms with van der Waals surface area (Å²) in [5, 5.41) is 11.8. The third-order valence-corrected chi connectivity index (χ3v) is 2.80. The Bertz CT molecular complexity index is 180. The topological polar surface area (TPSA) is 58.6 Å². The molecule has 0 heterocycles. The molecule has 1 rings (SSSR count). The summed E-state index contributed by atoms with van der Waals surface area (Å²) >= 11 is 0. The fourth-order valence-electron chi connectivity index (χ4n) is 1.63. The Balaban J connectivity index is 2.08. The van der Waals surface area contributed by atoms with Gasteiger partial charge in [-0.05, 0) is 18.9 Å². The molecule has 0 aromatic heterocycles. The van der Waals surface area contributed by atoms with E-state index in [0.717, 1.165) is 18.9 Å². The maximum absolute atomic E-state index is 10.7. The zero-order valence-corrected chi connectivity index (χ0v) is 8.66. The summed E-state index contributed by atoms with van der Waals surface area (Å²) in [5.74, 6) is -0.0139. The van der Waals surface area contributed by atoms with Crippen LogP contribution >= 0.6 is 0 Å². The SMILES string of the molecule is COCC(NCCC1CCC1)C(=O)O. The van der Waals surface area contributed by atoms with Gasteiger partial charge in [0.05, 0.1) is 6.61 Å². The van der Waals surface area contributed by atoms with Crippen LogP contribution in [-0.4, -0.2) is 37.4 Å². The molecule has 0 spiro atoms. The molecule has 0 aliphatic heterocycles. The Kier molecular flexibility index (Phi) is 4.90. The third kappa shape index (κ3) is 3.64. The van der Waals surface area contributed by atoms with Crippen molar-refractivity contribution < 1.29 is 14.6 Å². The van der Waals surface area contributed by atoms with Gasteiger partial charge < -0.3 is 15.2 Å². The van der Waals surface area contributed by atoms with Crippen molar-refractivity contribution in [2.75, 3.05) is 20.3 Å². The molecule has 0 bridgehead atoms. The van der Waals surface area contributed by atoms with Gasteiger partial charge in [0.2, 0.25) is 0 Å². The highest BCUT2D eigenvalue weighted by Gasteiger charge is 2.19. The van der Waals surface area contributed by atoms with Crippen LogP contribution in [0.25, 0.3) is 0 Å². The summed E-state index contributed by atoms with van der Waals surface area (Å²) in [5.41, 5.74) is 0. The average Bonchev–Trinajstić information content (AvgIpc) is 2.06.